The van der Waals surface area contributed by atoms with Gasteiger partial charge in [-0.2, -0.15) is 0 Å². The molecule has 0 bridgehead atoms. The van der Waals surface area contributed by atoms with E-state index in [1.807, 2.05) is 4.57 Å². The predicted octanol–water partition coefficient (Wildman–Crippen LogP) is 3.30. The molecule has 1 atom stereocenters. The Bertz CT molecular complexity index is 1170. The monoisotopic (exact) mass is 432 g/mol. The highest BCUT2D eigenvalue weighted by Crippen LogP contribution is 2.39. The van der Waals surface area contributed by atoms with Crippen LogP contribution in [0, 0.1) is 10.1 Å². The molecule has 1 fully saturated rings. The summed E-state index contributed by atoms with van der Waals surface area (Å²) in [6, 6.07) is 13.3. The number of aliphatic hydroxyl groups excluding tert-OH is 1. The summed E-state index contributed by atoms with van der Waals surface area (Å²) in [7, 11) is 0. The lowest BCUT2D eigenvalue weighted by Gasteiger charge is -2.25. The minimum Gasteiger partial charge on any atom is -0.507 e. The number of nitrogens with zero attached hydrogens (tertiary/aromatic N) is 4. The number of carbonyl (C=O) groups excluding carboxylic acids is 2. The van der Waals surface area contributed by atoms with Crippen LogP contribution in [-0.4, -0.2) is 42.7 Å². The van der Waals surface area contributed by atoms with Gasteiger partial charge in [0.25, 0.3) is 17.4 Å². The smallest absolute Gasteiger partial charge is 0.295 e. The van der Waals surface area contributed by atoms with E-state index >= 15 is 0 Å². The average molecular weight is 432 g/mol. The van der Waals surface area contributed by atoms with Crippen molar-refractivity contribution in [2.75, 3.05) is 6.54 Å². The Morgan fingerprint density at radius 1 is 1.06 bits per heavy atom. The SMILES string of the molecule is O=C1C(=O)N(CCCn2ccnc2)[C@H](c2ccc([N+](=O)[O-])cc2)/C1=C(\O)c1ccccc1. The molecule has 0 saturated carbocycles. The highest BCUT2D eigenvalue weighted by atomic mass is 16.6. The largest absolute Gasteiger partial charge is 0.507 e. The number of imidazole rings is 1. The molecule has 0 aliphatic carbocycles. The first-order valence-electron chi connectivity index (χ1n) is 10.0. The van der Waals surface area contributed by atoms with Crippen molar-refractivity contribution < 1.29 is 19.6 Å². The standard InChI is InChI=1S/C23H20N4O5/c28-21(17-5-2-1-3-6-17)19-20(16-7-9-18(10-8-16)27(31)32)26(23(30)22(19)29)13-4-12-25-14-11-24-15-25/h1-3,5-11,14-15,20,28H,4,12-13H2/b21-19+/t20-/m1/s1. The fourth-order valence-electron chi connectivity index (χ4n) is 3.83. The molecule has 9 nitrogen and oxygen atoms in total. The topological polar surface area (TPSA) is 119 Å². The van der Waals surface area contributed by atoms with Crippen LogP contribution in [0.2, 0.25) is 0 Å². The molecule has 9 heteroatoms. The number of aromatic nitrogens is 2. The van der Waals surface area contributed by atoms with Crippen LogP contribution < -0.4 is 0 Å². The number of nitro benzene ring substituents is 1. The van der Waals surface area contributed by atoms with Crippen LogP contribution in [0.15, 0.2) is 78.9 Å². The van der Waals surface area contributed by atoms with Gasteiger partial charge in [-0.3, -0.25) is 19.7 Å². The predicted molar refractivity (Wildman–Crippen MR) is 115 cm³/mol. The van der Waals surface area contributed by atoms with Gasteiger partial charge in [-0.1, -0.05) is 30.3 Å². The summed E-state index contributed by atoms with van der Waals surface area (Å²) in [4.78, 5) is 41.8. The molecule has 32 heavy (non-hydrogen) atoms. The number of amides is 1. The van der Waals surface area contributed by atoms with Crippen molar-refractivity contribution in [3.05, 3.63) is 100 Å². The van der Waals surface area contributed by atoms with Gasteiger partial charge in [-0.25, -0.2) is 4.98 Å². The van der Waals surface area contributed by atoms with Gasteiger partial charge in [0.15, 0.2) is 0 Å². The normalized spacial score (nSPS) is 17.6. The third-order valence-electron chi connectivity index (χ3n) is 5.38. The summed E-state index contributed by atoms with van der Waals surface area (Å²) >= 11 is 0. The van der Waals surface area contributed by atoms with E-state index in [2.05, 4.69) is 4.98 Å². The summed E-state index contributed by atoms with van der Waals surface area (Å²) in [5.41, 5.74) is 0.789. The van der Waals surface area contributed by atoms with Gasteiger partial charge in [0, 0.05) is 43.2 Å². The first-order valence-corrected chi connectivity index (χ1v) is 10.0. The highest BCUT2D eigenvalue weighted by Gasteiger charge is 2.45. The number of aliphatic hydroxyl groups is 1. The van der Waals surface area contributed by atoms with Gasteiger partial charge in [0.2, 0.25) is 0 Å². The second kappa shape index (κ2) is 8.84. The number of non-ortho nitro benzene ring substituents is 1. The van der Waals surface area contributed by atoms with Crippen molar-refractivity contribution in [2.45, 2.75) is 19.0 Å². The van der Waals surface area contributed by atoms with Gasteiger partial charge in [-0.15, -0.1) is 0 Å². The van der Waals surface area contributed by atoms with Crippen molar-refractivity contribution in [1.29, 1.82) is 0 Å². The van der Waals surface area contributed by atoms with Crippen LogP contribution in [0.5, 0.6) is 0 Å². The third kappa shape index (κ3) is 4.00. The maximum absolute atomic E-state index is 12.9. The zero-order valence-electron chi connectivity index (χ0n) is 17.0. The summed E-state index contributed by atoms with van der Waals surface area (Å²) in [5, 5.41) is 22.0. The van der Waals surface area contributed by atoms with Gasteiger partial charge < -0.3 is 14.6 Å². The van der Waals surface area contributed by atoms with Crippen molar-refractivity contribution in [3.63, 3.8) is 0 Å². The molecule has 162 valence electrons. The number of carbonyl (C=O) groups is 2. The first kappa shape index (κ1) is 21.0. The molecule has 1 aliphatic heterocycles. The summed E-state index contributed by atoms with van der Waals surface area (Å²) in [6.07, 6.45) is 5.68. The number of hydrogen-bond donors (Lipinski definition) is 1. The molecule has 1 aliphatic rings. The van der Waals surface area contributed by atoms with Crippen LogP contribution in [0.3, 0.4) is 0 Å². The Morgan fingerprint density at radius 2 is 1.78 bits per heavy atom. The van der Waals surface area contributed by atoms with Crippen LogP contribution in [-0.2, 0) is 16.1 Å². The fraction of sp³-hybridized carbons (Fsp3) is 0.174. The number of ketones is 1. The van der Waals surface area contributed by atoms with Crippen molar-refractivity contribution in [3.8, 4) is 0 Å². The Kier molecular flexibility index (Phi) is 5.80. The van der Waals surface area contributed by atoms with Crippen molar-refractivity contribution in [2.24, 2.45) is 0 Å². The molecule has 2 heterocycles. The molecule has 1 aromatic heterocycles. The van der Waals surface area contributed by atoms with Gasteiger partial charge in [0.05, 0.1) is 22.9 Å². The van der Waals surface area contributed by atoms with Gasteiger partial charge >= 0.3 is 0 Å². The number of aryl methyl sites for hydroxylation is 1. The number of nitro groups is 1. The number of benzene rings is 2. The molecular formula is C23H20N4O5. The Hall–Kier alpha value is -4.27. The maximum atomic E-state index is 12.9. The molecular weight excluding hydrogens is 412 g/mol. The summed E-state index contributed by atoms with van der Waals surface area (Å²) in [6.45, 7) is 0.852. The van der Waals surface area contributed by atoms with Crippen LogP contribution in [0.4, 0.5) is 5.69 Å². The zero-order chi connectivity index (χ0) is 22.7. The van der Waals surface area contributed by atoms with E-state index < -0.39 is 22.7 Å². The van der Waals surface area contributed by atoms with E-state index in [0.717, 1.165) is 0 Å². The van der Waals surface area contributed by atoms with E-state index in [1.54, 1.807) is 49.1 Å². The van der Waals surface area contributed by atoms with Gasteiger partial charge in [0.1, 0.15) is 5.76 Å². The highest BCUT2D eigenvalue weighted by molar-refractivity contribution is 6.46. The average Bonchev–Trinajstić information content (AvgIpc) is 3.41. The van der Waals surface area contributed by atoms with E-state index in [0.29, 0.717) is 24.1 Å². The zero-order valence-corrected chi connectivity index (χ0v) is 17.0. The van der Waals surface area contributed by atoms with E-state index in [4.69, 9.17) is 0 Å². The Balaban J connectivity index is 1.73. The second-order valence-corrected chi connectivity index (χ2v) is 7.36. The maximum Gasteiger partial charge on any atom is 0.295 e. The summed E-state index contributed by atoms with van der Waals surface area (Å²) in [5.74, 6) is -1.77. The molecule has 2 aromatic carbocycles. The Morgan fingerprint density at radius 3 is 2.41 bits per heavy atom. The lowest BCUT2D eigenvalue weighted by molar-refractivity contribution is -0.384. The Labute approximate surface area is 183 Å². The first-order chi connectivity index (χ1) is 15.5. The van der Waals surface area contributed by atoms with E-state index in [-0.39, 0.29) is 23.6 Å². The number of rotatable bonds is 7. The van der Waals surface area contributed by atoms with E-state index in [9.17, 15) is 24.8 Å². The minimum atomic E-state index is -0.848. The number of Topliss-reactive ketones (excluding diaryl/α,β-unsaturated/α-hetero) is 1. The number of likely N-dealkylation sites (tertiary alicyclic amines) is 1. The van der Waals surface area contributed by atoms with Crippen molar-refractivity contribution in [1.82, 2.24) is 14.5 Å². The molecule has 1 N–H and O–H groups in total. The molecule has 0 spiro atoms. The summed E-state index contributed by atoms with van der Waals surface area (Å²) < 4.78 is 1.86. The van der Waals surface area contributed by atoms with Crippen molar-refractivity contribution >= 4 is 23.1 Å². The van der Waals surface area contributed by atoms with Gasteiger partial charge in [-0.05, 0) is 24.1 Å². The second-order valence-electron chi connectivity index (χ2n) is 7.36. The molecule has 4 rings (SSSR count). The molecule has 1 amide bonds. The molecule has 0 radical (unpaired) electrons. The molecule has 3 aromatic rings. The molecule has 1 saturated heterocycles. The van der Waals surface area contributed by atoms with Crippen LogP contribution in [0.1, 0.15) is 23.6 Å². The number of hydrogen-bond acceptors (Lipinski definition) is 6. The quantitative estimate of drug-likeness (QED) is 0.201. The lowest BCUT2D eigenvalue weighted by Crippen LogP contribution is -2.31. The van der Waals surface area contributed by atoms with Crippen LogP contribution >= 0.6 is 0 Å². The lowest BCUT2D eigenvalue weighted by atomic mass is 9.95. The van der Waals surface area contributed by atoms with Crippen LogP contribution in [0.25, 0.3) is 5.76 Å². The third-order valence-corrected chi connectivity index (χ3v) is 5.38. The van der Waals surface area contributed by atoms with E-state index in [1.165, 1.54) is 29.2 Å². The molecule has 0 unspecified atom stereocenters. The minimum absolute atomic E-state index is 0.0299. The fourth-order valence-corrected chi connectivity index (χ4v) is 3.83.